The molecule has 0 aromatic carbocycles. The SMILES string of the molecule is CN(C)CCNC(C)(CC1CCC1)C(N)=O. The van der Waals surface area contributed by atoms with Crippen molar-refractivity contribution in [3.63, 3.8) is 0 Å². The fourth-order valence-electron chi connectivity index (χ4n) is 2.09. The molecule has 1 amide bonds. The van der Waals surface area contributed by atoms with Crippen molar-refractivity contribution in [1.82, 2.24) is 10.2 Å². The monoisotopic (exact) mass is 227 g/mol. The van der Waals surface area contributed by atoms with E-state index in [4.69, 9.17) is 5.73 Å². The zero-order chi connectivity index (χ0) is 12.2. The molecule has 1 rings (SSSR count). The van der Waals surface area contributed by atoms with Crippen molar-refractivity contribution in [2.45, 2.75) is 38.1 Å². The summed E-state index contributed by atoms with van der Waals surface area (Å²) in [5.41, 5.74) is 4.97. The zero-order valence-electron chi connectivity index (χ0n) is 10.8. The Balaban J connectivity index is 2.40. The van der Waals surface area contributed by atoms with Crippen LogP contribution in [-0.4, -0.2) is 43.5 Å². The maximum atomic E-state index is 11.5. The number of primary amides is 1. The number of likely N-dealkylation sites (N-methyl/N-ethyl adjacent to an activating group) is 1. The van der Waals surface area contributed by atoms with Crippen molar-refractivity contribution in [3.8, 4) is 0 Å². The minimum absolute atomic E-state index is 0.224. The number of hydrogen-bond donors (Lipinski definition) is 2. The van der Waals surface area contributed by atoms with Crippen molar-refractivity contribution in [2.75, 3.05) is 27.2 Å². The predicted octanol–water partition coefficient (Wildman–Crippen LogP) is 0.572. The third kappa shape index (κ3) is 3.76. The highest BCUT2D eigenvalue weighted by Gasteiger charge is 2.35. The molecule has 1 aliphatic carbocycles. The highest BCUT2D eigenvalue weighted by atomic mass is 16.1. The van der Waals surface area contributed by atoms with Crippen molar-refractivity contribution < 1.29 is 4.79 Å². The molecule has 0 heterocycles. The van der Waals surface area contributed by atoms with Crippen molar-refractivity contribution >= 4 is 5.91 Å². The Kier molecular flexibility index (Phi) is 4.74. The van der Waals surface area contributed by atoms with Gasteiger partial charge in [-0.1, -0.05) is 19.3 Å². The molecule has 1 saturated carbocycles. The molecular weight excluding hydrogens is 202 g/mol. The van der Waals surface area contributed by atoms with Gasteiger partial charge in [0.15, 0.2) is 0 Å². The van der Waals surface area contributed by atoms with E-state index >= 15 is 0 Å². The molecule has 0 spiro atoms. The molecule has 0 radical (unpaired) electrons. The van der Waals surface area contributed by atoms with Crippen LogP contribution in [0.25, 0.3) is 0 Å². The normalized spacial score (nSPS) is 20.5. The molecule has 1 aliphatic rings. The Labute approximate surface area is 98.6 Å². The van der Waals surface area contributed by atoms with Gasteiger partial charge < -0.3 is 16.0 Å². The van der Waals surface area contributed by atoms with E-state index in [1.165, 1.54) is 19.3 Å². The molecule has 1 fully saturated rings. The van der Waals surface area contributed by atoms with E-state index in [1.807, 2.05) is 21.0 Å². The number of amides is 1. The van der Waals surface area contributed by atoms with E-state index in [2.05, 4.69) is 10.2 Å². The second kappa shape index (κ2) is 5.64. The minimum Gasteiger partial charge on any atom is -0.368 e. The standard InChI is InChI=1S/C12H25N3O/c1-12(11(13)16,9-10-5-4-6-10)14-7-8-15(2)3/h10,14H,4-9H2,1-3H3,(H2,13,16). The third-order valence-electron chi connectivity index (χ3n) is 3.54. The lowest BCUT2D eigenvalue weighted by atomic mass is 9.76. The van der Waals surface area contributed by atoms with E-state index in [0.29, 0.717) is 5.92 Å². The Bertz CT molecular complexity index is 238. The molecular formula is C12H25N3O. The van der Waals surface area contributed by atoms with Gasteiger partial charge in [0.2, 0.25) is 5.91 Å². The van der Waals surface area contributed by atoms with Gasteiger partial charge >= 0.3 is 0 Å². The Morgan fingerprint density at radius 2 is 2.12 bits per heavy atom. The molecule has 3 N–H and O–H groups in total. The summed E-state index contributed by atoms with van der Waals surface area (Å²) in [5, 5.41) is 3.31. The van der Waals surface area contributed by atoms with Crippen LogP contribution in [0.5, 0.6) is 0 Å². The molecule has 94 valence electrons. The number of rotatable bonds is 7. The summed E-state index contributed by atoms with van der Waals surface area (Å²) in [7, 11) is 4.05. The summed E-state index contributed by atoms with van der Waals surface area (Å²) < 4.78 is 0. The molecule has 0 aromatic rings. The average Bonchev–Trinajstić information content (AvgIpc) is 2.10. The summed E-state index contributed by atoms with van der Waals surface area (Å²) in [6.45, 7) is 3.66. The lowest BCUT2D eigenvalue weighted by Gasteiger charge is -2.35. The van der Waals surface area contributed by atoms with E-state index < -0.39 is 5.54 Å². The van der Waals surface area contributed by atoms with E-state index in [1.54, 1.807) is 0 Å². The molecule has 0 saturated heterocycles. The Morgan fingerprint density at radius 1 is 1.50 bits per heavy atom. The lowest BCUT2D eigenvalue weighted by Crippen LogP contribution is -2.55. The third-order valence-corrected chi connectivity index (χ3v) is 3.54. The van der Waals surface area contributed by atoms with Crippen LogP contribution in [0.2, 0.25) is 0 Å². The highest BCUT2D eigenvalue weighted by molar-refractivity contribution is 5.84. The average molecular weight is 227 g/mol. The zero-order valence-corrected chi connectivity index (χ0v) is 10.8. The van der Waals surface area contributed by atoms with Gasteiger partial charge in [-0.05, 0) is 33.4 Å². The number of nitrogens with one attached hydrogen (secondary N) is 1. The number of nitrogens with two attached hydrogens (primary N) is 1. The van der Waals surface area contributed by atoms with Gasteiger partial charge in [0, 0.05) is 13.1 Å². The van der Waals surface area contributed by atoms with Crippen LogP contribution in [0, 0.1) is 5.92 Å². The van der Waals surface area contributed by atoms with Gasteiger partial charge in [-0.3, -0.25) is 4.79 Å². The molecule has 1 atom stereocenters. The molecule has 0 aliphatic heterocycles. The van der Waals surface area contributed by atoms with Gasteiger partial charge in [-0.15, -0.1) is 0 Å². The van der Waals surface area contributed by atoms with Crippen molar-refractivity contribution in [3.05, 3.63) is 0 Å². The minimum atomic E-state index is -0.527. The van der Waals surface area contributed by atoms with Gasteiger partial charge in [0.1, 0.15) is 0 Å². The van der Waals surface area contributed by atoms with Gasteiger partial charge in [0.05, 0.1) is 5.54 Å². The van der Waals surface area contributed by atoms with E-state index in [-0.39, 0.29) is 5.91 Å². The highest BCUT2D eigenvalue weighted by Crippen LogP contribution is 2.33. The summed E-state index contributed by atoms with van der Waals surface area (Å²) in [5.74, 6) is 0.461. The first-order valence-electron chi connectivity index (χ1n) is 6.14. The quantitative estimate of drug-likeness (QED) is 0.668. The van der Waals surface area contributed by atoms with Gasteiger partial charge in [-0.25, -0.2) is 0 Å². The lowest BCUT2D eigenvalue weighted by molar-refractivity contribution is -0.124. The van der Waals surface area contributed by atoms with Crippen LogP contribution in [0.3, 0.4) is 0 Å². The van der Waals surface area contributed by atoms with Crippen molar-refractivity contribution in [2.24, 2.45) is 11.7 Å². The summed E-state index contributed by atoms with van der Waals surface area (Å²) in [6.07, 6.45) is 4.68. The summed E-state index contributed by atoms with van der Waals surface area (Å²) in [6, 6.07) is 0. The van der Waals surface area contributed by atoms with Crippen LogP contribution in [-0.2, 0) is 4.79 Å². The Hall–Kier alpha value is -0.610. The van der Waals surface area contributed by atoms with Gasteiger partial charge in [0.25, 0.3) is 0 Å². The summed E-state index contributed by atoms with van der Waals surface area (Å²) in [4.78, 5) is 13.6. The Morgan fingerprint density at radius 3 is 2.50 bits per heavy atom. The van der Waals surface area contributed by atoms with Crippen LogP contribution in [0.4, 0.5) is 0 Å². The first-order chi connectivity index (χ1) is 7.44. The molecule has 16 heavy (non-hydrogen) atoms. The molecule has 4 heteroatoms. The molecule has 0 bridgehead atoms. The van der Waals surface area contributed by atoms with Crippen LogP contribution >= 0.6 is 0 Å². The maximum Gasteiger partial charge on any atom is 0.237 e. The number of carbonyl (C=O) groups is 1. The van der Waals surface area contributed by atoms with E-state index in [0.717, 1.165) is 19.5 Å². The van der Waals surface area contributed by atoms with Gasteiger partial charge in [-0.2, -0.15) is 0 Å². The second-order valence-electron chi connectivity index (χ2n) is 5.43. The smallest absolute Gasteiger partial charge is 0.237 e. The topological polar surface area (TPSA) is 58.4 Å². The van der Waals surface area contributed by atoms with Crippen molar-refractivity contribution in [1.29, 1.82) is 0 Å². The first-order valence-corrected chi connectivity index (χ1v) is 6.14. The van der Waals surface area contributed by atoms with Crippen LogP contribution in [0.1, 0.15) is 32.6 Å². The molecule has 1 unspecified atom stereocenters. The molecule has 4 nitrogen and oxygen atoms in total. The first kappa shape index (κ1) is 13.5. The van der Waals surface area contributed by atoms with E-state index in [9.17, 15) is 4.79 Å². The van der Waals surface area contributed by atoms with Crippen LogP contribution < -0.4 is 11.1 Å². The second-order valence-corrected chi connectivity index (χ2v) is 5.43. The fourth-order valence-corrected chi connectivity index (χ4v) is 2.09. The predicted molar refractivity (Wildman–Crippen MR) is 66.1 cm³/mol. The maximum absolute atomic E-state index is 11.5. The fraction of sp³-hybridized carbons (Fsp3) is 0.917. The van der Waals surface area contributed by atoms with Crippen LogP contribution in [0.15, 0.2) is 0 Å². The number of hydrogen-bond acceptors (Lipinski definition) is 3. The number of nitrogens with zero attached hydrogens (tertiary/aromatic N) is 1. The summed E-state index contributed by atoms with van der Waals surface area (Å²) >= 11 is 0. The largest absolute Gasteiger partial charge is 0.368 e. The number of carbonyl (C=O) groups excluding carboxylic acids is 1. The molecule has 0 aromatic heterocycles.